The molecule has 26 heavy (non-hydrogen) atoms. The number of fused-ring (bicyclic) bond motifs is 1. The lowest BCUT2D eigenvalue weighted by atomic mass is 9.95. The van der Waals surface area contributed by atoms with Crippen molar-refractivity contribution in [2.75, 3.05) is 51.3 Å². The summed E-state index contributed by atoms with van der Waals surface area (Å²) < 4.78 is 11.6. The fourth-order valence-corrected chi connectivity index (χ4v) is 4.12. The third-order valence-corrected chi connectivity index (χ3v) is 5.60. The van der Waals surface area contributed by atoms with Crippen LogP contribution in [-0.4, -0.2) is 51.3 Å². The fraction of sp³-hybridized carbons (Fsp3) is 0.455. The second-order valence-corrected chi connectivity index (χ2v) is 7.10. The molecule has 0 bridgehead atoms. The van der Waals surface area contributed by atoms with Crippen LogP contribution < -0.4 is 9.64 Å². The van der Waals surface area contributed by atoms with E-state index in [0.29, 0.717) is 0 Å². The number of anilines is 1. The summed E-state index contributed by atoms with van der Waals surface area (Å²) >= 11 is 0. The Kier molecular flexibility index (Phi) is 5.42. The van der Waals surface area contributed by atoms with E-state index in [1.165, 1.54) is 16.8 Å². The number of para-hydroxylation sites is 2. The van der Waals surface area contributed by atoms with Gasteiger partial charge in [0.25, 0.3) is 0 Å². The maximum absolute atomic E-state index is 6.06. The van der Waals surface area contributed by atoms with Gasteiger partial charge in [-0.15, -0.1) is 0 Å². The summed E-state index contributed by atoms with van der Waals surface area (Å²) in [6.07, 6.45) is 2.38. The summed E-state index contributed by atoms with van der Waals surface area (Å²) in [5.74, 6) is 0.966. The van der Waals surface area contributed by atoms with Crippen LogP contribution in [0, 0.1) is 0 Å². The molecule has 1 unspecified atom stereocenters. The van der Waals surface area contributed by atoms with Crippen molar-refractivity contribution in [1.82, 2.24) is 4.90 Å². The molecule has 0 radical (unpaired) electrons. The molecule has 0 amide bonds. The van der Waals surface area contributed by atoms with Crippen LogP contribution in [0.1, 0.15) is 23.7 Å². The molecule has 1 atom stereocenters. The normalized spacial score (nSPS) is 20.7. The number of benzene rings is 2. The monoisotopic (exact) mass is 352 g/mol. The Labute approximate surface area is 156 Å². The Bertz CT molecular complexity index is 726. The van der Waals surface area contributed by atoms with Crippen LogP contribution in [0.2, 0.25) is 0 Å². The van der Waals surface area contributed by atoms with E-state index in [0.717, 1.165) is 57.9 Å². The van der Waals surface area contributed by atoms with Gasteiger partial charge >= 0.3 is 0 Å². The van der Waals surface area contributed by atoms with Gasteiger partial charge in [0.2, 0.25) is 0 Å². The number of hydrogen-bond acceptors (Lipinski definition) is 4. The van der Waals surface area contributed by atoms with Crippen molar-refractivity contribution in [3.8, 4) is 5.75 Å². The van der Waals surface area contributed by atoms with E-state index in [1.54, 1.807) is 7.11 Å². The van der Waals surface area contributed by atoms with Gasteiger partial charge in [-0.05, 0) is 36.1 Å². The van der Waals surface area contributed by atoms with Crippen molar-refractivity contribution in [1.29, 1.82) is 0 Å². The Hall–Kier alpha value is -2.04. The van der Waals surface area contributed by atoms with Crippen molar-refractivity contribution in [3.05, 3.63) is 59.7 Å². The molecule has 0 saturated carbocycles. The summed E-state index contributed by atoms with van der Waals surface area (Å²) in [7, 11) is 1.75. The van der Waals surface area contributed by atoms with Gasteiger partial charge in [-0.1, -0.05) is 36.4 Å². The number of hydrogen-bond donors (Lipinski definition) is 0. The van der Waals surface area contributed by atoms with Gasteiger partial charge < -0.3 is 14.4 Å². The highest BCUT2D eigenvalue weighted by Gasteiger charge is 2.23. The largest absolute Gasteiger partial charge is 0.495 e. The molecule has 138 valence electrons. The second-order valence-electron chi connectivity index (χ2n) is 7.10. The second kappa shape index (κ2) is 8.11. The van der Waals surface area contributed by atoms with Gasteiger partial charge in [0.1, 0.15) is 5.75 Å². The third-order valence-electron chi connectivity index (χ3n) is 5.60. The molecule has 1 fully saturated rings. The molecule has 2 aliphatic heterocycles. The fourth-order valence-electron chi connectivity index (χ4n) is 4.12. The van der Waals surface area contributed by atoms with Crippen molar-refractivity contribution in [2.24, 2.45) is 0 Å². The molecule has 0 N–H and O–H groups in total. The van der Waals surface area contributed by atoms with Crippen LogP contribution in [0.5, 0.6) is 5.75 Å². The van der Waals surface area contributed by atoms with E-state index in [2.05, 4.69) is 46.2 Å². The first-order chi connectivity index (χ1) is 12.8. The molecule has 4 rings (SSSR count). The van der Waals surface area contributed by atoms with Crippen LogP contribution in [-0.2, 0) is 11.2 Å². The van der Waals surface area contributed by atoms with Crippen molar-refractivity contribution >= 4 is 5.69 Å². The van der Waals surface area contributed by atoms with E-state index in [1.807, 2.05) is 12.1 Å². The maximum atomic E-state index is 6.06. The third kappa shape index (κ3) is 3.71. The van der Waals surface area contributed by atoms with E-state index in [4.69, 9.17) is 9.47 Å². The van der Waals surface area contributed by atoms with Crippen LogP contribution in [0.25, 0.3) is 0 Å². The topological polar surface area (TPSA) is 24.9 Å². The highest BCUT2D eigenvalue weighted by Crippen LogP contribution is 2.31. The number of methoxy groups -OCH3 is 1. The molecule has 2 heterocycles. The van der Waals surface area contributed by atoms with Gasteiger partial charge in [0.15, 0.2) is 0 Å². The van der Waals surface area contributed by atoms with Gasteiger partial charge in [0, 0.05) is 32.7 Å². The van der Waals surface area contributed by atoms with E-state index < -0.39 is 0 Å². The zero-order valence-corrected chi connectivity index (χ0v) is 15.6. The average molecular weight is 352 g/mol. The minimum Gasteiger partial charge on any atom is -0.495 e. The van der Waals surface area contributed by atoms with Gasteiger partial charge in [0.05, 0.1) is 25.5 Å². The summed E-state index contributed by atoms with van der Waals surface area (Å²) in [5, 5.41) is 0. The molecule has 1 saturated heterocycles. The SMILES string of the molecule is COc1ccccc1N1CCN(CCC2OCCc3ccccc32)CC1. The van der Waals surface area contributed by atoms with E-state index in [9.17, 15) is 0 Å². The summed E-state index contributed by atoms with van der Waals surface area (Å²) in [5.41, 5.74) is 4.07. The predicted octanol–water partition coefficient (Wildman–Crippen LogP) is 3.52. The van der Waals surface area contributed by atoms with Crippen LogP contribution in [0.15, 0.2) is 48.5 Å². The lowest BCUT2D eigenvalue weighted by molar-refractivity contribution is 0.0289. The minimum absolute atomic E-state index is 0.257. The van der Waals surface area contributed by atoms with Crippen LogP contribution in [0.3, 0.4) is 0 Å². The smallest absolute Gasteiger partial charge is 0.142 e. The Morgan fingerprint density at radius 3 is 2.62 bits per heavy atom. The summed E-state index contributed by atoms with van der Waals surface area (Å²) in [6, 6.07) is 17.1. The molecule has 2 aliphatic rings. The zero-order valence-electron chi connectivity index (χ0n) is 15.6. The van der Waals surface area contributed by atoms with Crippen molar-refractivity contribution < 1.29 is 9.47 Å². The highest BCUT2D eigenvalue weighted by atomic mass is 16.5. The number of ether oxygens (including phenoxy) is 2. The Morgan fingerprint density at radius 1 is 1.00 bits per heavy atom. The van der Waals surface area contributed by atoms with E-state index >= 15 is 0 Å². The summed E-state index contributed by atoms with van der Waals surface area (Å²) in [4.78, 5) is 4.99. The first kappa shape index (κ1) is 17.4. The quantitative estimate of drug-likeness (QED) is 0.822. The first-order valence-corrected chi connectivity index (χ1v) is 9.65. The van der Waals surface area contributed by atoms with Crippen molar-refractivity contribution in [2.45, 2.75) is 18.9 Å². The molecule has 2 aromatic carbocycles. The number of piperazine rings is 1. The van der Waals surface area contributed by atoms with Gasteiger partial charge in [-0.2, -0.15) is 0 Å². The van der Waals surface area contributed by atoms with Gasteiger partial charge in [-0.3, -0.25) is 4.90 Å². The lowest BCUT2D eigenvalue weighted by Gasteiger charge is -2.37. The number of rotatable bonds is 5. The molecule has 4 nitrogen and oxygen atoms in total. The highest BCUT2D eigenvalue weighted by molar-refractivity contribution is 5.58. The Morgan fingerprint density at radius 2 is 1.77 bits per heavy atom. The molecule has 4 heteroatoms. The average Bonchev–Trinajstić information content (AvgIpc) is 2.72. The van der Waals surface area contributed by atoms with Crippen molar-refractivity contribution in [3.63, 3.8) is 0 Å². The molecular formula is C22H28N2O2. The first-order valence-electron chi connectivity index (χ1n) is 9.65. The lowest BCUT2D eigenvalue weighted by Crippen LogP contribution is -2.47. The zero-order chi connectivity index (χ0) is 17.8. The summed E-state index contributed by atoms with van der Waals surface area (Å²) in [6.45, 7) is 6.21. The minimum atomic E-state index is 0.257. The molecule has 0 spiro atoms. The van der Waals surface area contributed by atoms with Crippen LogP contribution in [0.4, 0.5) is 5.69 Å². The number of nitrogens with zero attached hydrogens (tertiary/aromatic N) is 2. The standard InChI is InChI=1S/C22H28N2O2/c1-25-22-9-5-4-8-20(22)24-15-13-23(14-16-24)12-10-21-19-7-3-2-6-18(19)11-17-26-21/h2-9,21H,10-17H2,1H3. The maximum Gasteiger partial charge on any atom is 0.142 e. The predicted molar refractivity (Wildman–Crippen MR) is 105 cm³/mol. The Balaban J connectivity index is 1.31. The molecular weight excluding hydrogens is 324 g/mol. The van der Waals surface area contributed by atoms with Gasteiger partial charge in [-0.25, -0.2) is 0 Å². The molecule has 0 aliphatic carbocycles. The molecule has 0 aromatic heterocycles. The van der Waals surface area contributed by atoms with Crippen LogP contribution >= 0.6 is 0 Å². The molecule has 2 aromatic rings. The van der Waals surface area contributed by atoms with E-state index in [-0.39, 0.29) is 6.10 Å².